The molecule has 1 heterocycles. The number of anilines is 1. The van der Waals surface area contributed by atoms with E-state index in [1.807, 2.05) is 0 Å². The number of amides is 2. The van der Waals surface area contributed by atoms with Gasteiger partial charge in [0.1, 0.15) is 11.6 Å². The van der Waals surface area contributed by atoms with E-state index in [9.17, 15) is 14.0 Å². The normalized spacial score (nSPS) is 12.9. The number of carbonyl (C=O) groups excluding carboxylic acids is 2. The molecule has 2 N–H and O–H groups in total. The smallest absolute Gasteiger partial charge is 0.262 e. The minimum Gasteiger partial charge on any atom is -0.482 e. The van der Waals surface area contributed by atoms with E-state index >= 15 is 0 Å². The van der Waals surface area contributed by atoms with Crippen molar-refractivity contribution in [3.63, 3.8) is 0 Å². The van der Waals surface area contributed by atoms with Crippen molar-refractivity contribution in [2.75, 3.05) is 11.9 Å². The van der Waals surface area contributed by atoms with Crippen LogP contribution in [0.3, 0.4) is 0 Å². The van der Waals surface area contributed by atoms with Crippen molar-refractivity contribution in [2.45, 2.75) is 6.54 Å². The van der Waals surface area contributed by atoms with Gasteiger partial charge in [-0.25, -0.2) is 4.39 Å². The molecule has 1 aliphatic heterocycles. The Morgan fingerprint density at radius 1 is 1.23 bits per heavy atom. The van der Waals surface area contributed by atoms with Crippen LogP contribution in [0, 0.1) is 5.82 Å². The number of nitrogens with one attached hydrogen (secondary N) is 2. The number of rotatable bonds is 3. The molecule has 6 heteroatoms. The summed E-state index contributed by atoms with van der Waals surface area (Å²) in [6, 6.07) is 10.7. The Bertz CT molecular complexity index is 729. The molecule has 0 saturated carbocycles. The Morgan fingerprint density at radius 3 is 2.77 bits per heavy atom. The first kappa shape index (κ1) is 14.1. The fraction of sp³-hybridized carbons (Fsp3) is 0.125. The van der Waals surface area contributed by atoms with Gasteiger partial charge in [-0.05, 0) is 35.9 Å². The fourth-order valence-electron chi connectivity index (χ4n) is 2.11. The predicted octanol–water partition coefficient (Wildman–Crippen LogP) is 2.09. The first-order valence-electron chi connectivity index (χ1n) is 6.71. The molecule has 22 heavy (non-hydrogen) atoms. The number of benzene rings is 2. The van der Waals surface area contributed by atoms with Crippen LogP contribution < -0.4 is 15.4 Å². The zero-order valence-electron chi connectivity index (χ0n) is 11.6. The molecule has 0 unspecified atom stereocenters. The predicted molar refractivity (Wildman–Crippen MR) is 78.1 cm³/mol. The molecule has 2 aromatic carbocycles. The number of fused-ring (bicyclic) bond motifs is 1. The van der Waals surface area contributed by atoms with Gasteiger partial charge in [-0.15, -0.1) is 0 Å². The topological polar surface area (TPSA) is 67.4 Å². The molecule has 0 spiro atoms. The molecule has 1 aliphatic rings. The van der Waals surface area contributed by atoms with Crippen LogP contribution in [0.5, 0.6) is 5.75 Å². The second-order valence-electron chi connectivity index (χ2n) is 4.86. The first-order valence-corrected chi connectivity index (χ1v) is 6.71. The van der Waals surface area contributed by atoms with Crippen LogP contribution in [-0.4, -0.2) is 18.4 Å². The Morgan fingerprint density at radius 2 is 2.00 bits per heavy atom. The van der Waals surface area contributed by atoms with Crippen LogP contribution in [0.4, 0.5) is 10.1 Å². The van der Waals surface area contributed by atoms with Crippen molar-refractivity contribution in [3.05, 3.63) is 59.4 Å². The standard InChI is InChI=1S/C16H13FN2O3/c17-12-4-1-10(2-5-12)8-18-16(21)11-3-6-14-13(7-11)19-15(20)9-22-14/h1-7H,8-9H2,(H,18,21)(H,19,20). The highest BCUT2D eigenvalue weighted by molar-refractivity contribution is 5.99. The van der Waals surface area contributed by atoms with E-state index in [4.69, 9.17) is 4.74 Å². The van der Waals surface area contributed by atoms with Gasteiger partial charge in [0, 0.05) is 12.1 Å². The monoisotopic (exact) mass is 300 g/mol. The lowest BCUT2D eigenvalue weighted by Gasteiger charge is -2.18. The molecule has 5 nitrogen and oxygen atoms in total. The molecule has 0 bridgehead atoms. The molecule has 2 aromatic rings. The van der Waals surface area contributed by atoms with Crippen molar-refractivity contribution in [2.24, 2.45) is 0 Å². The lowest BCUT2D eigenvalue weighted by Crippen LogP contribution is -2.27. The van der Waals surface area contributed by atoms with Crippen LogP contribution in [0.15, 0.2) is 42.5 Å². The SMILES string of the molecule is O=C1COc2ccc(C(=O)NCc3ccc(F)cc3)cc2N1. The second kappa shape index (κ2) is 5.85. The third-order valence-electron chi connectivity index (χ3n) is 3.24. The van der Waals surface area contributed by atoms with Gasteiger partial charge in [0.2, 0.25) is 0 Å². The summed E-state index contributed by atoms with van der Waals surface area (Å²) >= 11 is 0. The van der Waals surface area contributed by atoms with E-state index in [1.54, 1.807) is 30.3 Å². The Balaban J connectivity index is 1.68. The molecule has 0 aliphatic carbocycles. The minimum absolute atomic E-state index is 0.0247. The molecule has 0 saturated heterocycles. The molecule has 0 radical (unpaired) electrons. The summed E-state index contributed by atoms with van der Waals surface area (Å²) in [5.41, 5.74) is 1.68. The van der Waals surface area contributed by atoms with E-state index in [0.717, 1.165) is 5.56 Å². The van der Waals surface area contributed by atoms with Crippen LogP contribution >= 0.6 is 0 Å². The summed E-state index contributed by atoms with van der Waals surface area (Å²) in [7, 11) is 0. The maximum Gasteiger partial charge on any atom is 0.262 e. The van der Waals surface area contributed by atoms with E-state index < -0.39 is 0 Å². The second-order valence-corrected chi connectivity index (χ2v) is 4.86. The van der Waals surface area contributed by atoms with Gasteiger partial charge >= 0.3 is 0 Å². The molecule has 0 aromatic heterocycles. The number of ether oxygens (including phenoxy) is 1. The van der Waals surface area contributed by atoms with Crippen molar-refractivity contribution in [1.29, 1.82) is 0 Å². The van der Waals surface area contributed by atoms with Crippen LogP contribution in [0.25, 0.3) is 0 Å². The van der Waals surface area contributed by atoms with Gasteiger partial charge in [-0.2, -0.15) is 0 Å². The molecule has 2 amide bonds. The maximum atomic E-state index is 12.8. The van der Waals surface area contributed by atoms with E-state index in [0.29, 0.717) is 23.5 Å². The molecule has 112 valence electrons. The van der Waals surface area contributed by atoms with Gasteiger partial charge in [-0.3, -0.25) is 9.59 Å². The lowest BCUT2D eigenvalue weighted by atomic mass is 10.1. The van der Waals surface area contributed by atoms with Gasteiger partial charge in [-0.1, -0.05) is 12.1 Å². The van der Waals surface area contributed by atoms with Crippen molar-refractivity contribution >= 4 is 17.5 Å². The quantitative estimate of drug-likeness (QED) is 0.912. The van der Waals surface area contributed by atoms with E-state index in [2.05, 4.69) is 10.6 Å². The zero-order chi connectivity index (χ0) is 15.5. The largest absolute Gasteiger partial charge is 0.482 e. The summed E-state index contributed by atoms with van der Waals surface area (Å²) in [6.45, 7) is 0.266. The van der Waals surface area contributed by atoms with Gasteiger partial charge in [0.05, 0.1) is 5.69 Å². The van der Waals surface area contributed by atoms with Crippen molar-refractivity contribution in [1.82, 2.24) is 5.32 Å². The number of hydrogen-bond acceptors (Lipinski definition) is 3. The van der Waals surface area contributed by atoms with Crippen molar-refractivity contribution in [3.8, 4) is 5.75 Å². The van der Waals surface area contributed by atoms with Crippen LogP contribution in [-0.2, 0) is 11.3 Å². The average Bonchev–Trinajstić information content (AvgIpc) is 2.53. The summed E-state index contributed by atoms with van der Waals surface area (Å²) in [5.74, 6) is -0.321. The fourth-order valence-corrected chi connectivity index (χ4v) is 2.11. The molecule has 0 atom stereocenters. The highest BCUT2D eigenvalue weighted by Crippen LogP contribution is 2.28. The molecular formula is C16H13FN2O3. The summed E-state index contributed by atoms with van der Waals surface area (Å²) in [4.78, 5) is 23.4. The number of halogens is 1. The summed E-state index contributed by atoms with van der Waals surface area (Å²) in [5, 5.41) is 5.39. The average molecular weight is 300 g/mol. The highest BCUT2D eigenvalue weighted by atomic mass is 19.1. The number of carbonyl (C=O) groups is 2. The maximum absolute atomic E-state index is 12.8. The van der Waals surface area contributed by atoms with Crippen LogP contribution in [0.2, 0.25) is 0 Å². The molecule has 0 fully saturated rings. The lowest BCUT2D eigenvalue weighted by molar-refractivity contribution is -0.118. The Labute approximate surface area is 126 Å². The van der Waals surface area contributed by atoms with Crippen molar-refractivity contribution < 1.29 is 18.7 Å². The number of hydrogen-bond donors (Lipinski definition) is 2. The Hall–Kier alpha value is -2.89. The minimum atomic E-state index is -0.319. The zero-order valence-corrected chi connectivity index (χ0v) is 11.6. The van der Waals surface area contributed by atoms with E-state index in [-0.39, 0.29) is 24.2 Å². The molecular weight excluding hydrogens is 287 g/mol. The third-order valence-corrected chi connectivity index (χ3v) is 3.24. The van der Waals surface area contributed by atoms with Gasteiger partial charge in [0.25, 0.3) is 11.8 Å². The van der Waals surface area contributed by atoms with Gasteiger partial charge < -0.3 is 15.4 Å². The third kappa shape index (κ3) is 3.06. The summed E-state index contributed by atoms with van der Waals surface area (Å²) < 4.78 is 18.0. The highest BCUT2D eigenvalue weighted by Gasteiger charge is 2.17. The molecule has 3 rings (SSSR count). The van der Waals surface area contributed by atoms with E-state index in [1.165, 1.54) is 12.1 Å². The van der Waals surface area contributed by atoms with Gasteiger partial charge in [0.15, 0.2) is 6.61 Å². The van der Waals surface area contributed by atoms with Crippen LogP contribution in [0.1, 0.15) is 15.9 Å². The summed E-state index contributed by atoms with van der Waals surface area (Å²) in [6.07, 6.45) is 0. The Kier molecular flexibility index (Phi) is 3.74. The first-order chi connectivity index (χ1) is 10.6.